The summed E-state index contributed by atoms with van der Waals surface area (Å²) in [5.74, 6) is 0.770. The molecule has 0 aromatic carbocycles. The van der Waals surface area contributed by atoms with E-state index < -0.39 is 10.8 Å². The van der Waals surface area contributed by atoms with Crippen molar-refractivity contribution in [2.24, 2.45) is 5.92 Å². The second-order valence-corrected chi connectivity index (χ2v) is 7.00. The first-order chi connectivity index (χ1) is 8.54. The molecule has 1 aliphatic rings. The van der Waals surface area contributed by atoms with Gasteiger partial charge in [-0.2, -0.15) is 0 Å². The number of hydrogen-bond donors (Lipinski definition) is 2. The molecule has 1 fully saturated rings. The van der Waals surface area contributed by atoms with Gasteiger partial charge in [0, 0.05) is 28.9 Å². The summed E-state index contributed by atoms with van der Waals surface area (Å²) < 4.78 is 11.2. The molecule has 18 heavy (non-hydrogen) atoms. The Balaban J connectivity index is 2.26. The normalized spacial score (nSPS) is 27.5. The zero-order valence-electron chi connectivity index (χ0n) is 11.7. The predicted molar refractivity (Wildman–Crippen MR) is 76.0 cm³/mol. The Morgan fingerprint density at radius 1 is 1.56 bits per heavy atom. The predicted octanol–water partition coefficient (Wildman–Crippen LogP) is 1.04. The Hall–Kier alpha value is -0.420. The molecule has 1 rings (SSSR count). The SMILES string of the molecule is CCC1CCNC(C(=O)NCCC(C)S(C)=O)C1. The van der Waals surface area contributed by atoms with Crippen LogP contribution in [0.3, 0.4) is 0 Å². The zero-order chi connectivity index (χ0) is 13.5. The first-order valence-electron chi connectivity index (χ1n) is 6.87. The molecular formula is C13H26N2O2S. The molecule has 1 heterocycles. The van der Waals surface area contributed by atoms with Crippen molar-refractivity contribution in [2.75, 3.05) is 19.3 Å². The average Bonchev–Trinajstić information content (AvgIpc) is 2.38. The quantitative estimate of drug-likeness (QED) is 0.761. The number of nitrogens with one attached hydrogen (secondary N) is 2. The van der Waals surface area contributed by atoms with Crippen molar-refractivity contribution in [3.63, 3.8) is 0 Å². The second-order valence-electron chi connectivity index (χ2n) is 5.19. The maximum absolute atomic E-state index is 12.0. The van der Waals surface area contributed by atoms with Crippen LogP contribution in [-0.2, 0) is 15.6 Å². The molecule has 0 aromatic heterocycles. The van der Waals surface area contributed by atoms with Gasteiger partial charge in [0.2, 0.25) is 5.91 Å². The summed E-state index contributed by atoms with van der Waals surface area (Å²) in [5, 5.41) is 6.37. The molecule has 0 aliphatic carbocycles. The van der Waals surface area contributed by atoms with Gasteiger partial charge in [0.05, 0.1) is 6.04 Å². The Kier molecular flexibility index (Phi) is 6.86. The van der Waals surface area contributed by atoms with Gasteiger partial charge in [-0.1, -0.05) is 20.3 Å². The summed E-state index contributed by atoms with van der Waals surface area (Å²) in [6.07, 6.45) is 5.75. The highest BCUT2D eigenvalue weighted by Crippen LogP contribution is 2.19. The fourth-order valence-corrected chi connectivity index (χ4v) is 2.70. The Labute approximate surface area is 113 Å². The van der Waals surface area contributed by atoms with E-state index in [4.69, 9.17) is 0 Å². The van der Waals surface area contributed by atoms with Crippen molar-refractivity contribution >= 4 is 16.7 Å². The molecule has 0 aromatic rings. The molecule has 1 aliphatic heterocycles. The van der Waals surface area contributed by atoms with Crippen LogP contribution in [0.4, 0.5) is 0 Å². The molecular weight excluding hydrogens is 248 g/mol. The highest BCUT2D eigenvalue weighted by atomic mass is 32.2. The number of carbonyl (C=O) groups is 1. The monoisotopic (exact) mass is 274 g/mol. The van der Waals surface area contributed by atoms with Crippen LogP contribution >= 0.6 is 0 Å². The van der Waals surface area contributed by atoms with Gasteiger partial charge in [0.25, 0.3) is 0 Å². The van der Waals surface area contributed by atoms with Crippen molar-refractivity contribution in [3.05, 3.63) is 0 Å². The van der Waals surface area contributed by atoms with Gasteiger partial charge < -0.3 is 10.6 Å². The molecule has 0 spiro atoms. The van der Waals surface area contributed by atoms with E-state index in [1.54, 1.807) is 6.26 Å². The van der Waals surface area contributed by atoms with E-state index in [-0.39, 0.29) is 17.2 Å². The highest BCUT2D eigenvalue weighted by Gasteiger charge is 2.25. The third-order valence-electron chi connectivity index (χ3n) is 3.82. The average molecular weight is 274 g/mol. The van der Waals surface area contributed by atoms with E-state index in [9.17, 15) is 9.00 Å². The fraction of sp³-hybridized carbons (Fsp3) is 0.923. The van der Waals surface area contributed by atoms with E-state index in [0.717, 1.165) is 25.8 Å². The van der Waals surface area contributed by atoms with Crippen molar-refractivity contribution in [2.45, 2.75) is 50.8 Å². The van der Waals surface area contributed by atoms with E-state index >= 15 is 0 Å². The Morgan fingerprint density at radius 2 is 2.28 bits per heavy atom. The highest BCUT2D eigenvalue weighted by molar-refractivity contribution is 7.84. The van der Waals surface area contributed by atoms with Crippen molar-refractivity contribution < 1.29 is 9.00 Å². The molecule has 4 nitrogen and oxygen atoms in total. The lowest BCUT2D eigenvalue weighted by Crippen LogP contribution is -2.49. The number of rotatable bonds is 6. The molecule has 1 amide bonds. The lowest BCUT2D eigenvalue weighted by atomic mass is 9.90. The van der Waals surface area contributed by atoms with E-state index in [0.29, 0.717) is 12.5 Å². The molecule has 5 heteroatoms. The third-order valence-corrected chi connectivity index (χ3v) is 5.19. The minimum atomic E-state index is -0.804. The van der Waals surface area contributed by atoms with Crippen LogP contribution in [0.15, 0.2) is 0 Å². The van der Waals surface area contributed by atoms with Crippen LogP contribution in [0.25, 0.3) is 0 Å². The van der Waals surface area contributed by atoms with Crippen LogP contribution < -0.4 is 10.6 Å². The maximum Gasteiger partial charge on any atom is 0.237 e. The van der Waals surface area contributed by atoms with Crippen LogP contribution in [0, 0.1) is 5.92 Å². The van der Waals surface area contributed by atoms with Crippen LogP contribution in [0.1, 0.15) is 39.5 Å². The fourth-order valence-electron chi connectivity index (χ4n) is 2.25. The molecule has 1 saturated heterocycles. The summed E-state index contributed by atoms with van der Waals surface area (Å²) in [6.45, 7) is 5.69. The van der Waals surface area contributed by atoms with Gasteiger partial charge in [0.15, 0.2) is 0 Å². The molecule has 0 radical (unpaired) electrons. The van der Waals surface area contributed by atoms with Gasteiger partial charge >= 0.3 is 0 Å². The van der Waals surface area contributed by atoms with E-state index in [2.05, 4.69) is 17.6 Å². The van der Waals surface area contributed by atoms with Crippen molar-refractivity contribution in [1.29, 1.82) is 0 Å². The summed E-state index contributed by atoms with van der Waals surface area (Å²) in [5.41, 5.74) is 0. The molecule has 2 N–H and O–H groups in total. The lowest BCUT2D eigenvalue weighted by Gasteiger charge is -2.28. The maximum atomic E-state index is 12.0. The lowest BCUT2D eigenvalue weighted by molar-refractivity contribution is -0.124. The minimum absolute atomic E-state index is 0.0360. The number of hydrogen-bond acceptors (Lipinski definition) is 3. The van der Waals surface area contributed by atoms with Gasteiger partial charge in [0.1, 0.15) is 0 Å². The molecule has 4 atom stereocenters. The second kappa shape index (κ2) is 7.89. The smallest absolute Gasteiger partial charge is 0.237 e. The summed E-state index contributed by atoms with van der Waals surface area (Å²) >= 11 is 0. The van der Waals surface area contributed by atoms with Gasteiger partial charge in [-0.25, -0.2) is 0 Å². The van der Waals surface area contributed by atoms with Crippen LogP contribution in [-0.4, -0.2) is 40.8 Å². The third kappa shape index (κ3) is 5.06. The Morgan fingerprint density at radius 3 is 2.89 bits per heavy atom. The summed E-state index contributed by atoms with van der Waals surface area (Å²) in [6, 6.07) is -0.0360. The molecule has 0 bridgehead atoms. The number of amides is 1. The van der Waals surface area contributed by atoms with E-state index in [1.807, 2.05) is 6.92 Å². The topological polar surface area (TPSA) is 58.2 Å². The summed E-state index contributed by atoms with van der Waals surface area (Å²) in [7, 11) is -0.804. The summed E-state index contributed by atoms with van der Waals surface area (Å²) in [4.78, 5) is 12.0. The Bertz CT molecular complexity index is 297. The van der Waals surface area contributed by atoms with Gasteiger partial charge in [-0.05, 0) is 31.7 Å². The zero-order valence-corrected chi connectivity index (χ0v) is 12.5. The number of piperidine rings is 1. The van der Waals surface area contributed by atoms with Crippen LogP contribution in [0.2, 0.25) is 0 Å². The molecule has 4 unspecified atom stereocenters. The standard InChI is InChI=1S/C13H26N2O2S/c1-4-11-6-8-14-12(9-11)13(16)15-7-5-10(2)18(3)17/h10-12,14H,4-9H2,1-3H3,(H,15,16). The van der Waals surface area contributed by atoms with Gasteiger partial charge in [-0.15, -0.1) is 0 Å². The van der Waals surface area contributed by atoms with Crippen molar-refractivity contribution in [3.8, 4) is 0 Å². The largest absolute Gasteiger partial charge is 0.355 e. The molecule has 106 valence electrons. The van der Waals surface area contributed by atoms with Crippen LogP contribution in [0.5, 0.6) is 0 Å². The minimum Gasteiger partial charge on any atom is -0.355 e. The van der Waals surface area contributed by atoms with Gasteiger partial charge in [-0.3, -0.25) is 9.00 Å². The first kappa shape index (κ1) is 15.6. The van der Waals surface area contributed by atoms with E-state index in [1.165, 1.54) is 6.42 Å². The van der Waals surface area contributed by atoms with Crippen molar-refractivity contribution in [1.82, 2.24) is 10.6 Å². The first-order valence-corrected chi connectivity index (χ1v) is 8.50. The number of carbonyl (C=O) groups excluding carboxylic acids is 1. The molecule has 0 saturated carbocycles.